The molecule has 0 unspecified atom stereocenters. The Labute approximate surface area is 107 Å². The van der Waals surface area contributed by atoms with E-state index in [1.807, 2.05) is 31.2 Å². The predicted octanol–water partition coefficient (Wildman–Crippen LogP) is 0.918. The molecule has 96 valence electrons. The van der Waals surface area contributed by atoms with Crippen molar-refractivity contribution >= 4 is 11.8 Å². The van der Waals surface area contributed by atoms with Gasteiger partial charge < -0.3 is 11.1 Å². The van der Waals surface area contributed by atoms with E-state index in [4.69, 9.17) is 5.73 Å². The van der Waals surface area contributed by atoms with Crippen LogP contribution in [0, 0.1) is 12.8 Å². The van der Waals surface area contributed by atoms with E-state index in [9.17, 15) is 9.59 Å². The minimum atomic E-state index is -0.611. The number of hydrogen-bond donors (Lipinski definition) is 2. The molecule has 0 aliphatic heterocycles. The Morgan fingerprint density at radius 2 is 2.17 bits per heavy atom. The van der Waals surface area contributed by atoms with E-state index in [0.29, 0.717) is 6.42 Å². The second-order valence-corrected chi connectivity index (χ2v) is 4.93. The smallest absolute Gasteiger partial charge is 0.240 e. The quantitative estimate of drug-likeness (QED) is 0.810. The van der Waals surface area contributed by atoms with Gasteiger partial charge >= 0.3 is 0 Å². The molecule has 1 saturated carbocycles. The third-order valence-electron chi connectivity index (χ3n) is 3.13. The van der Waals surface area contributed by atoms with Crippen LogP contribution in [0.3, 0.4) is 0 Å². The van der Waals surface area contributed by atoms with Crippen molar-refractivity contribution in [2.24, 2.45) is 11.7 Å². The molecule has 0 saturated heterocycles. The molecular weight excluding hydrogens is 228 g/mol. The molecule has 2 amide bonds. The number of nitrogens with two attached hydrogens (primary N) is 1. The summed E-state index contributed by atoms with van der Waals surface area (Å²) >= 11 is 0. The zero-order valence-corrected chi connectivity index (χ0v) is 10.5. The lowest BCUT2D eigenvalue weighted by Gasteiger charge is -2.15. The molecule has 0 radical (unpaired) electrons. The first kappa shape index (κ1) is 12.6. The Morgan fingerprint density at radius 3 is 2.72 bits per heavy atom. The Bertz CT molecular complexity index is 467. The normalized spacial score (nSPS) is 16.1. The lowest BCUT2D eigenvalue weighted by Crippen LogP contribution is -2.46. The first-order valence-electron chi connectivity index (χ1n) is 6.21. The molecule has 0 spiro atoms. The monoisotopic (exact) mass is 246 g/mol. The highest BCUT2D eigenvalue weighted by atomic mass is 16.2. The van der Waals surface area contributed by atoms with Crippen LogP contribution in [0.2, 0.25) is 0 Å². The summed E-state index contributed by atoms with van der Waals surface area (Å²) in [5, 5.41) is 2.73. The number of carbonyl (C=O) groups is 2. The van der Waals surface area contributed by atoms with Gasteiger partial charge in [-0.15, -0.1) is 0 Å². The average molecular weight is 246 g/mol. The summed E-state index contributed by atoms with van der Waals surface area (Å²) in [6.45, 7) is 1.99. The second-order valence-electron chi connectivity index (χ2n) is 4.93. The van der Waals surface area contributed by atoms with Crippen molar-refractivity contribution in [3.8, 4) is 0 Å². The molecule has 1 aliphatic carbocycles. The summed E-state index contributed by atoms with van der Waals surface area (Å²) in [5.74, 6) is -0.443. The van der Waals surface area contributed by atoms with Crippen LogP contribution in [-0.4, -0.2) is 17.9 Å². The summed E-state index contributed by atoms with van der Waals surface area (Å²) in [4.78, 5) is 23.0. The van der Waals surface area contributed by atoms with Crippen molar-refractivity contribution in [3.05, 3.63) is 35.4 Å². The van der Waals surface area contributed by atoms with Crippen LogP contribution in [-0.2, 0) is 16.0 Å². The summed E-state index contributed by atoms with van der Waals surface area (Å²) < 4.78 is 0. The summed E-state index contributed by atoms with van der Waals surface area (Å²) in [7, 11) is 0. The maximum atomic E-state index is 11.7. The van der Waals surface area contributed by atoms with Crippen LogP contribution >= 0.6 is 0 Å². The minimum absolute atomic E-state index is 0.0496. The van der Waals surface area contributed by atoms with Gasteiger partial charge in [0.05, 0.1) is 0 Å². The molecule has 4 nitrogen and oxygen atoms in total. The Kier molecular flexibility index (Phi) is 3.65. The molecule has 3 N–H and O–H groups in total. The summed E-state index contributed by atoms with van der Waals surface area (Å²) in [5.41, 5.74) is 7.48. The van der Waals surface area contributed by atoms with Crippen LogP contribution in [0.5, 0.6) is 0 Å². The van der Waals surface area contributed by atoms with Gasteiger partial charge in [0.25, 0.3) is 0 Å². The first-order chi connectivity index (χ1) is 8.56. The van der Waals surface area contributed by atoms with E-state index < -0.39 is 11.9 Å². The average Bonchev–Trinajstić information content (AvgIpc) is 3.11. The van der Waals surface area contributed by atoms with Gasteiger partial charge in [0.1, 0.15) is 6.04 Å². The van der Waals surface area contributed by atoms with Gasteiger partial charge in [0, 0.05) is 12.3 Å². The summed E-state index contributed by atoms with van der Waals surface area (Å²) in [6, 6.07) is 7.25. The van der Waals surface area contributed by atoms with E-state index >= 15 is 0 Å². The lowest BCUT2D eigenvalue weighted by molar-refractivity contribution is -0.128. The number of aryl methyl sites for hydroxylation is 1. The maximum Gasteiger partial charge on any atom is 0.240 e. The topological polar surface area (TPSA) is 72.2 Å². The van der Waals surface area contributed by atoms with Crippen molar-refractivity contribution in [2.75, 3.05) is 0 Å². The largest absolute Gasteiger partial charge is 0.368 e. The summed E-state index contributed by atoms with van der Waals surface area (Å²) in [6.07, 6.45) is 2.29. The lowest BCUT2D eigenvalue weighted by atomic mass is 10.0. The zero-order valence-electron chi connectivity index (χ0n) is 10.5. The highest BCUT2D eigenvalue weighted by Gasteiger charge is 2.32. The van der Waals surface area contributed by atoms with Crippen molar-refractivity contribution in [2.45, 2.75) is 32.2 Å². The van der Waals surface area contributed by atoms with Crippen molar-refractivity contribution in [3.63, 3.8) is 0 Å². The number of carbonyl (C=O) groups excluding carboxylic acids is 2. The molecule has 0 aromatic heterocycles. The van der Waals surface area contributed by atoms with Gasteiger partial charge in [-0.2, -0.15) is 0 Å². The van der Waals surface area contributed by atoms with Gasteiger partial charge in [0.2, 0.25) is 11.8 Å². The number of primary amides is 1. The van der Waals surface area contributed by atoms with Crippen LogP contribution < -0.4 is 11.1 Å². The maximum absolute atomic E-state index is 11.7. The molecule has 0 bridgehead atoms. The van der Waals surface area contributed by atoms with Crippen molar-refractivity contribution in [1.82, 2.24) is 5.32 Å². The van der Waals surface area contributed by atoms with E-state index in [-0.39, 0.29) is 11.8 Å². The van der Waals surface area contributed by atoms with E-state index in [1.165, 1.54) is 0 Å². The fourth-order valence-electron chi connectivity index (χ4n) is 1.93. The fourth-order valence-corrected chi connectivity index (χ4v) is 1.93. The van der Waals surface area contributed by atoms with Gasteiger partial charge in [-0.1, -0.05) is 29.8 Å². The molecular formula is C14H18N2O2. The Balaban J connectivity index is 2.01. The van der Waals surface area contributed by atoms with Crippen molar-refractivity contribution < 1.29 is 9.59 Å². The van der Waals surface area contributed by atoms with E-state index in [1.54, 1.807) is 0 Å². The molecule has 0 heterocycles. The standard InChI is InChI=1S/C14H18N2O2/c1-9-3-2-4-10(7-9)8-12(13(15)17)16-14(18)11-5-6-11/h2-4,7,11-12H,5-6,8H2,1H3,(H2,15,17)(H,16,18)/t12-/m0/s1. The Hall–Kier alpha value is -1.84. The highest BCUT2D eigenvalue weighted by Crippen LogP contribution is 2.28. The van der Waals surface area contributed by atoms with E-state index in [0.717, 1.165) is 24.0 Å². The van der Waals surface area contributed by atoms with E-state index in [2.05, 4.69) is 5.32 Å². The molecule has 2 rings (SSSR count). The van der Waals surface area contributed by atoms with Gasteiger partial charge in [-0.05, 0) is 25.3 Å². The zero-order chi connectivity index (χ0) is 13.1. The van der Waals surface area contributed by atoms with Crippen LogP contribution in [0.4, 0.5) is 0 Å². The number of nitrogens with one attached hydrogen (secondary N) is 1. The fraction of sp³-hybridized carbons (Fsp3) is 0.429. The molecule has 1 atom stereocenters. The second kappa shape index (κ2) is 5.21. The van der Waals surface area contributed by atoms with Crippen LogP contribution in [0.1, 0.15) is 24.0 Å². The number of amides is 2. The molecule has 1 aliphatic rings. The number of benzene rings is 1. The molecule has 1 fully saturated rings. The van der Waals surface area contributed by atoms with Crippen LogP contribution in [0.15, 0.2) is 24.3 Å². The highest BCUT2D eigenvalue weighted by molar-refractivity contribution is 5.88. The molecule has 1 aromatic carbocycles. The number of hydrogen-bond acceptors (Lipinski definition) is 2. The minimum Gasteiger partial charge on any atom is -0.368 e. The van der Waals surface area contributed by atoms with Gasteiger partial charge in [0.15, 0.2) is 0 Å². The third-order valence-corrected chi connectivity index (χ3v) is 3.13. The molecule has 1 aromatic rings. The predicted molar refractivity (Wildman–Crippen MR) is 68.7 cm³/mol. The van der Waals surface area contributed by atoms with Gasteiger partial charge in [-0.3, -0.25) is 9.59 Å². The molecule has 18 heavy (non-hydrogen) atoms. The SMILES string of the molecule is Cc1cccc(C[C@H](NC(=O)C2CC2)C(N)=O)c1. The third kappa shape index (κ3) is 3.32. The van der Waals surface area contributed by atoms with Crippen LogP contribution in [0.25, 0.3) is 0 Å². The first-order valence-corrected chi connectivity index (χ1v) is 6.21. The Morgan fingerprint density at radius 1 is 1.44 bits per heavy atom. The molecule has 4 heteroatoms. The number of rotatable bonds is 5. The van der Waals surface area contributed by atoms with Crippen molar-refractivity contribution in [1.29, 1.82) is 0 Å². The van der Waals surface area contributed by atoms with Gasteiger partial charge in [-0.25, -0.2) is 0 Å².